The average molecular weight is 354 g/mol. The lowest BCUT2D eigenvalue weighted by Crippen LogP contribution is -2.39. The summed E-state index contributed by atoms with van der Waals surface area (Å²) in [7, 11) is 0. The molecule has 5 nitrogen and oxygen atoms in total. The lowest BCUT2D eigenvalue weighted by atomic mass is 9.94. The van der Waals surface area contributed by atoms with Gasteiger partial charge in [0.2, 0.25) is 0 Å². The van der Waals surface area contributed by atoms with Gasteiger partial charge in [-0.1, -0.05) is 35.5 Å². The highest BCUT2D eigenvalue weighted by atomic mass is 19.4. The molecular weight excluding hydrogens is 337 g/mol. The molecule has 1 fully saturated rings. The molecule has 1 aromatic heterocycles. The zero-order chi connectivity index (χ0) is 17.9. The van der Waals surface area contributed by atoms with Crippen molar-refractivity contribution in [3.8, 4) is 0 Å². The number of benzene rings is 1. The first-order valence-electron chi connectivity index (χ1n) is 7.95. The number of carbonyl (C=O) groups is 1. The molecule has 3 rings (SSSR count). The molecule has 2 heterocycles. The fourth-order valence-electron chi connectivity index (χ4n) is 2.81. The van der Waals surface area contributed by atoms with Gasteiger partial charge in [0.25, 0.3) is 0 Å². The molecule has 2 aromatic rings. The lowest BCUT2D eigenvalue weighted by molar-refractivity contribution is -0.241. The topological polar surface area (TPSA) is 55.6 Å². The van der Waals surface area contributed by atoms with Crippen LogP contribution >= 0.6 is 0 Å². The Morgan fingerprint density at radius 3 is 2.56 bits per heavy atom. The van der Waals surface area contributed by atoms with Crippen molar-refractivity contribution in [3.63, 3.8) is 0 Å². The quantitative estimate of drug-likeness (QED) is 0.842. The van der Waals surface area contributed by atoms with Crippen molar-refractivity contribution in [1.29, 1.82) is 0 Å². The van der Waals surface area contributed by atoms with Crippen molar-refractivity contribution >= 4 is 5.97 Å². The van der Waals surface area contributed by atoms with Crippen molar-refractivity contribution in [2.75, 3.05) is 13.1 Å². The van der Waals surface area contributed by atoms with Crippen LogP contribution in [0.3, 0.4) is 0 Å². The normalized spacial score (nSPS) is 16.8. The van der Waals surface area contributed by atoms with Crippen molar-refractivity contribution in [2.24, 2.45) is 0 Å². The Hall–Kier alpha value is -2.35. The molecule has 0 saturated carbocycles. The molecule has 0 spiro atoms. The molecule has 1 saturated heterocycles. The van der Waals surface area contributed by atoms with Crippen molar-refractivity contribution in [1.82, 2.24) is 10.2 Å². The predicted octanol–water partition coefficient (Wildman–Crippen LogP) is 3.47. The zero-order valence-electron chi connectivity index (χ0n) is 13.3. The van der Waals surface area contributed by atoms with Gasteiger partial charge in [-0.2, -0.15) is 13.2 Å². The Bertz CT molecular complexity index is 707. The van der Waals surface area contributed by atoms with E-state index in [2.05, 4.69) is 9.99 Å². The van der Waals surface area contributed by atoms with E-state index < -0.39 is 12.1 Å². The van der Waals surface area contributed by atoms with Gasteiger partial charge in [0.15, 0.2) is 0 Å². The number of hydrogen-bond donors (Lipinski definition) is 0. The fraction of sp³-hybridized carbons (Fsp3) is 0.412. The number of piperidine rings is 1. The van der Waals surface area contributed by atoms with E-state index in [1.165, 1.54) is 0 Å². The zero-order valence-corrected chi connectivity index (χ0v) is 13.3. The number of hydrogen-bond acceptors (Lipinski definition) is 5. The second-order valence-electron chi connectivity index (χ2n) is 5.96. The Balaban J connectivity index is 1.52. The van der Waals surface area contributed by atoms with Crippen LogP contribution < -0.4 is 0 Å². The number of alkyl halides is 3. The number of carbonyl (C=O) groups excluding carboxylic acids is 1. The van der Waals surface area contributed by atoms with Crippen LogP contribution in [0.25, 0.3) is 0 Å². The monoisotopic (exact) mass is 354 g/mol. The standard InChI is InChI=1S/C17H17F3N2O3/c18-17(19,20)16(23)25-22-8-6-13(7-9-22)15-11-14(24-21-15)10-12-4-2-1-3-5-12/h1-5,11,13H,6-10H2. The summed E-state index contributed by atoms with van der Waals surface area (Å²) in [4.78, 5) is 15.2. The molecule has 1 aliphatic rings. The molecule has 0 bridgehead atoms. The summed E-state index contributed by atoms with van der Waals surface area (Å²) in [6.45, 7) is 0.459. The smallest absolute Gasteiger partial charge is 0.361 e. The molecule has 0 unspecified atom stereocenters. The van der Waals surface area contributed by atoms with E-state index in [-0.39, 0.29) is 19.0 Å². The maximum atomic E-state index is 12.2. The van der Waals surface area contributed by atoms with Crippen LogP contribution in [0, 0.1) is 0 Å². The number of aromatic nitrogens is 1. The minimum atomic E-state index is -4.98. The Morgan fingerprint density at radius 2 is 1.92 bits per heavy atom. The molecule has 0 N–H and O–H groups in total. The molecule has 0 atom stereocenters. The first-order valence-corrected chi connectivity index (χ1v) is 7.95. The maximum absolute atomic E-state index is 12.2. The maximum Gasteiger partial charge on any atom is 0.492 e. The predicted molar refractivity (Wildman–Crippen MR) is 81.4 cm³/mol. The summed E-state index contributed by atoms with van der Waals surface area (Å²) in [5, 5.41) is 5.13. The highest BCUT2D eigenvalue weighted by molar-refractivity contribution is 5.75. The lowest BCUT2D eigenvalue weighted by Gasteiger charge is -2.29. The second-order valence-corrected chi connectivity index (χ2v) is 5.96. The highest BCUT2D eigenvalue weighted by Crippen LogP contribution is 2.29. The minimum absolute atomic E-state index is 0.0779. The van der Waals surface area contributed by atoms with Gasteiger partial charge in [-0.05, 0) is 18.4 Å². The average Bonchev–Trinajstić information content (AvgIpc) is 3.04. The highest BCUT2D eigenvalue weighted by Gasteiger charge is 2.43. The van der Waals surface area contributed by atoms with Crippen molar-refractivity contribution in [3.05, 3.63) is 53.4 Å². The van der Waals surface area contributed by atoms with E-state index in [9.17, 15) is 18.0 Å². The van der Waals surface area contributed by atoms with Gasteiger partial charge in [0.1, 0.15) is 5.76 Å². The number of rotatable bonds is 4. The third-order valence-corrected chi connectivity index (χ3v) is 4.11. The number of halogens is 3. The fourth-order valence-corrected chi connectivity index (χ4v) is 2.81. The molecule has 134 valence electrons. The Labute approximate surface area is 142 Å². The molecule has 1 aromatic carbocycles. The second kappa shape index (κ2) is 7.26. The van der Waals surface area contributed by atoms with Crippen LogP contribution in [0.4, 0.5) is 13.2 Å². The van der Waals surface area contributed by atoms with Gasteiger partial charge < -0.3 is 9.36 Å². The van der Waals surface area contributed by atoms with Crippen LogP contribution in [0.5, 0.6) is 0 Å². The third kappa shape index (κ3) is 4.60. The van der Waals surface area contributed by atoms with E-state index in [0.717, 1.165) is 22.1 Å². The van der Waals surface area contributed by atoms with E-state index in [1.54, 1.807) is 0 Å². The van der Waals surface area contributed by atoms with Gasteiger partial charge in [-0.25, -0.2) is 4.79 Å². The summed E-state index contributed by atoms with van der Waals surface area (Å²) < 4.78 is 42.0. The molecule has 0 radical (unpaired) electrons. The van der Waals surface area contributed by atoms with Gasteiger partial charge >= 0.3 is 12.1 Å². The Kier molecular flexibility index (Phi) is 5.08. The summed E-state index contributed by atoms with van der Waals surface area (Å²) in [6, 6.07) is 11.7. The summed E-state index contributed by atoms with van der Waals surface area (Å²) in [5.41, 5.74) is 1.90. The first-order chi connectivity index (χ1) is 11.9. The Morgan fingerprint density at radius 1 is 1.24 bits per heavy atom. The summed E-state index contributed by atoms with van der Waals surface area (Å²) >= 11 is 0. The van der Waals surface area contributed by atoms with Crippen LogP contribution in [-0.2, 0) is 16.1 Å². The van der Waals surface area contributed by atoms with Crippen LogP contribution in [0.2, 0.25) is 0 Å². The molecule has 1 aliphatic heterocycles. The summed E-state index contributed by atoms with van der Waals surface area (Å²) in [5.74, 6) is -1.36. The largest absolute Gasteiger partial charge is 0.492 e. The van der Waals surface area contributed by atoms with Gasteiger partial charge in [0, 0.05) is 31.5 Å². The molecular formula is C17H17F3N2O3. The third-order valence-electron chi connectivity index (χ3n) is 4.11. The van der Waals surface area contributed by atoms with E-state index in [4.69, 9.17) is 4.52 Å². The van der Waals surface area contributed by atoms with Crippen LogP contribution in [0.15, 0.2) is 40.9 Å². The molecule has 0 amide bonds. The van der Waals surface area contributed by atoms with E-state index >= 15 is 0 Å². The van der Waals surface area contributed by atoms with Gasteiger partial charge in [-0.3, -0.25) is 0 Å². The molecule has 8 heteroatoms. The molecule has 25 heavy (non-hydrogen) atoms. The van der Waals surface area contributed by atoms with Crippen molar-refractivity contribution < 1.29 is 27.3 Å². The van der Waals surface area contributed by atoms with Crippen LogP contribution in [-0.4, -0.2) is 35.5 Å². The van der Waals surface area contributed by atoms with Gasteiger partial charge in [0.05, 0.1) is 5.69 Å². The number of hydroxylamine groups is 2. The minimum Gasteiger partial charge on any atom is -0.361 e. The van der Waals surface area contributed by atoms with Crippen molar-refractivity contribution in [2.45, 2.75) is 31.4 Å². The first kappa shape index (κ1) is 17.5. The van der Waals surface area contributed by atoms with E-state index in [0.29, 0.717) is 19.3 Å². The van der Waals surface area contributed by atoms with Gasteiger partial charge in [-0.15, -0.1) is 5.06 Å². The number of nitrogens with zero attached hydrogens (tertiary/aromatic N) is 2. The summed E-state index contributed by atoms with van der Waals surface area (Å²) in [6.07, 6.45) is -3.25. The SMILES string of the molecule is O=C(ON1CCC(c2cc(Cc3ccccc3)on2)CC1)C(F)(F)F. The van der Waals surface area contributed by atoms with Crippen LogP contribution in [0.1, 0.15) is 35.8 Å². The molecule has 0 aliphatic carbocycles. The van der Waals surface area contributed by atoms with E-state index in [1.807, 2.05) is 36.4 Å².